The number of fused-ring (bicyclic) bond motifs is 1. The first-order valence-corrected chi connectivity index (χ1v) is 11.3. The summed E-state index contributed by atoms with van der Waals surface area (Å²) in [6.07, 6.45) is 1.62. The minimum absolute atomic E-state index is 0.130. The zero-order chi connectivity index (χ0) is 23.0. The number of nitrogens with zero attached hydrogens (tertiary/aromatic N) is 1. The summed E-state index contributed by atoms with van der Waals surface area (Å²) < 4.78 is 0. The number of H-pyrrole nitrogens is 1. The fraction of sp³-hybridized carbons (Fsp3) is 0.192. The van der Waals surface area contributed by atoms with Crippen LogP contribution in [0.15, 0.2) is 78.9 Å². The van der Waals surface area contributed by atoms with Crippen LogP contribution in [0.2, 0.25) is 5.02 Å². The second-order valence-corrected chi connectivity index (χ2v) is 8.18. The molecule has 0 saturated heterocycles. The first-order chi connectivity index (χ1) is 16.1. The van der Waals surface area contributed by atoms with Crippen molar-refractivity contribution < 1.29 is 9.59 Å². The number of nitrogens with one attached hydrogen (secondary N) is 3. The van der Waals surface area contributed by atoms with Crippen LogP contribution in [0.3, 0.4) is 0 Å². The zero-order valence-electron chi connectivity index (χ0n) is 18.1. The van der Waals surface area contributed by atoms with Crippen LogP contribution in [0.4, 0.5) is 0 Å². The number of carbonyl (C=O) groups excluding carboxylic acids is 2. The third kappa shape index (κ3) is 5.99. The van der Waals surface area contributed by atoms with E-state index in [1.54, 1.807) is 24.3 Å². The lowest BCUT2D eigenvalue weighted by Gasteiger charge is -2.19. The van der Waals surface area contributed by atoms with Crippen molar-refractivity contribution in [1.29, 1.82) is 0 Å². The monoisotopic (exact) mass is 460 g/mol. The molecule has 7 heteroatoms. The lowest BCUT2D eigenvalue weighted by atomic mass is 10.0. The maximum atomic E-state index is 12.8. The molecule has 4 aromatic rings. The third-order valence-electron chi connectivity index (χ3n) is 5.37. The number of benzene rings is 3. The largest absolute Gasteiger partial charge is 0.356 e. The highest BCUT2D eigenvalue weighted by Gasteiger charge is 2.20. The Balaban J connectivity index is 1.33. The highest BCUT2D eigenvalue weighted by molar-refractivity contribution is 6.33. The van der Waals surface area contributed by atoms with Crippen LogP contribution >= 0.6 is 11.6 Å². The lowest BCUT2D eigenvalue weighted by molar-refractivity contribution is -0.121. The van der Waals surface area contributed by atoms with Gasteiger partial charge in [-0.3, -0.25) is 9.59 Å². The number of aromatic amines is 1. The van der Waals surface area contributed by atoms with Crippen molar-refractivity contribution in [2.24, 2.45) is 0 Å². The van der Waals surface area contributed by atoms with Gasteiger partial charge in [-0.2, -0.15) is 0 Å². The molecule has 1 unspecified atom stereocenters. The first kappa shape index (κ1) is 22.6. The molecule has 0 saturated carbocycles. The van der Waals surface area contributed by atoms with E-state index in [-0.39, 0.29) is 18.2 Å². The van der Waals surface area contributed by atoms with Gasteiger partial charge in [-0.05, 0) is 36.2 Å². The van der Waals surface area contributed by atoms with E-state index >= 15 is 0 Å². The Morgan fingerprint density at radius 2 is 1.67 bits per heavy atom. The molecule has 33 heavy (non-hydrogen) atoms. The molecular weight excluding hydrogens is 436 g/mol. The summed E-state index contributed by atoms with van der Waals surface area (Å²) in [5, 5.41) is 6.28. The summed E-state index contributed by atoms with van der Waals surface area (Å²) in [6.45, 7) is 0.524. The van der Waals surface area contributed by atoms with E-state index in [2.05, 4.69) is 20.6 Å². The van der Waals surface area contributed by atoms with E-state index in [1.807, 2.05) is 54.6 Å². The second-order valence-electron chi connectivity index (χ2n) is 7.77. The van der Waals surface area contributed by atoms with E-state index in [0.717, 1.165) is 35.3 Å². The number of imidazole rings is 1. The van der Waals surface area contributed by atoms with Crippen LogP contribution in [-0.4, -0.2) is 28.3 Å². The van der Waals surface area contributed by atoms with Gasteiger partial charge in [0.05, 0.1) is 34.1 Å². The molecule has 1 heterocycles. The molecular formula is C26H25ClN4O2. The maximum Gasteiger partial charge on any atom is 0.253 e. The molecule has 0 fully saturated rings. The zero-order valence-corrected chi connectivity index (χ0v) is 18.8. The van der Waals surface area contributed by atoms with Crippen molar-refractivity contribution in [1.82, 2.24) is 20.6 Å². The van der Waals surface area contributed by atoms with Crippen molar-refractivity contribution in [2.75, 3.05) is 6.54 Å². The van der Waals surface area contributed by atoms with Crippen molar-refractivity contribution >= 4 is 34.4 Å². The molecule has 0 spiro atoms. The van der Waals surface area contributed by atoms with Crippen molar-refractivity contribution in [2.45, 2.75) is 25.3 Å². The fourth-order valence-corrected chi connectivity index (χ4v) is 3.91. The fourth-order valence-electron chi connectivity index (χ4n) is 3.68. The van der Waals surface area contributed by atoms with Gasteiger partial charge >= 0.3 is 0 Å². The quantitative estimate of drug-likeness (QED) is 0.313. The Hall–Kier alpha value is -3.64. The Morgan fingerprint density at radius 1 is 0.939 bits per heavy atom. The number of carbonyl (C=O) groups is 2. The Bertz CT molecular complexity index is 1210. The molecule has 0 aliphatic heterocycles. The second kappa shape index (κ2) is 10.8. The van der Waals surface area contributed by atoms with Gasteiger partial charge in [0.2, 0.25) is 5.91 Å². The molecule has 168 valence electrons. The summed E-state index contributed by atoms with van der Waals surface area (Å²) >= 11 is 6.17. The Kier molecular flexibility index (Phi) is 7.37. The van der Waals surface area contributed by atoms with E-state index < -0.39 is 6.04 Å². The number of para-hydroxylation sites is 2. The standard InChI is InChI=1S/C26H25ClN4O2/c27-20-12-5-4-11-19(20)26(33)31-23(18-9-2-1-3-10-18)17-25(32)28-16-8-15-24-29-21-13-6-7-14-22(21)30-24/h1-7,9-14,23H,8,15-17H2,(H,28,32)(H,29,30)(H,31,33). The average molecular weight is 461 g/mol. The van der Waals surface area contributed by atoms with Gasteiger partial charge in [-0.15, -0.1) is 0 Å². The summed E-state index contributed by atoms with van der Waals surface area (Å²) in [5.74, 6) is 0.458. The van der Waals surface area contributed by atoms with Gasteiger partial charge in [0.15, 0.2) is 0 Å². The molecule has 3 aromatic carbocycles. The van der Waals surface area contributed by atoms with E-state index in [9.17, 15) is 9.59 Å². The molecule has 0 aliphatic rings. The van der Waals surface area contributed by atoms with Crippen LogP contribution in [0.1, 0.15) is 40.6 Å². The normalized spacial score (nSPS) is 11.8. The van der Waals surface area contributed by atoms with Gasteiger partial charge in [0, 0.05) is 13.0 Å². The van der Waals surface area contributed by atoms with Crippen molar-refractivity contribution in [3.8, 4) is 0 Å². The van der Waals surface area contributed by atoms with Crippen LogP contribution in [0, 0.1) is 0 Å². The predicted octanol–water partition coefficient (Wildman–Crippen LogP) is 4.83. The highest BCUT2D eigenvalue weighted by Crippen LogP contribution is 2.20. The molecule has 0 bridgehead atoms. The molecule has 6 nitrogen and oxygen atoms in total. The smallest absolute Gasteiger partial charge is 0.253 e. The minimum Gasteiger partial charge on any atom is -0.356 e. The third-order valence-corrected chi connectivity index (χ3v) is 5.70. The topological polar surface area (TPSA) is 86.9 Å². The number of rotatable bonds is 9. The number of amides is 2. The van der Waals surface area contributed by atoms with Gasteiger partial charge in [-0.25, -0.2) is 4.98 Å². The number of halogens is 1. The van der Waals surface area contributed by atoms with Crippen LogP contribution < -0.4 is 10.6 Å². The number of aromatic nitrogens is 2. The Labute approximate surface area is 197 Å². The van der Waals surface area contributed by atoms with Gasteiger partial charge in [0.25, 0.3) is 5.91 Å². The van der Waals surface area contributed by atoms with Crippen molar-refractivity contribution in [3.05, 3.63) is 101 Å². The van der Waals surface area contributed by atoms with E-state index in [4.69, 9.17) is 11.6 Å². The molecule has 1 aromatic heterocycles. The molecule has 4 rings (SSSR count). The van der Waals surface area contributed by atoms with Gasteiger partial charge in [0.1, 0.15) is 5.82 Å². The molecule has 1 atom stereocenters. The van der Waals surface area contributed by atoms with Crippen LogP contribution in [-0.2, 0) is 11.2 Å². The number of hydrogen-bond donors (Lipinski definition) is 3. The molecule has 0 aliphatic carbocycles. The number of hydrogen-bond acceptors (Lipinski definition) is 3. The van der Waals surface area contributed by atoms with Gasteiger partial charge < -0.3 is 15.6 Å². The predicted molar refractivity (Wildman–Crippen MR) is 130 cm³/mol. The van der Waals surface area contributed by atoms with Crippen LogP contribution in [0.25, 0.3) is 11.0 Å². The van der Waals surface area contributed by atoms with Gasteiger partial charge in [-0.1, -0.05) is 66.2 Å². The van der Waals surface area contributed by atoms with Crippen molar-refractivity contribution in [3.63, 3.8) is 0 Å². The molecule has 3 N–H and O–H groups in total. The summed E-state index contributed by atoms with van der Waals surface area (Å²) in [6, 6.07) is 23.7. The molecule has 0 radical (unpaired) electrons. The average Bonchev–Trinajstić information content (AvgIpc) is 3.25. The highest BCUT2D eigenvalue weighted by atomic mass is 35.5. The van der Waals surface area contributed by atoms with E-state index in [1.165, 1.54) is 0 Å². The summed E-state index contributed by atoms with van der Waals surface area (Å²) in [5.41, 5.74) is 3.19. The summed E-state index contributed by atoms with van der Waals surface area (Å²) in [7, 11) is 0. The maximum absolute atomic E-state index is 12.8. The SMILES string of the molecule is O=C(CC(NC(=O)c1ccccc1Cl)c1ccccc1)NCCCc1nc2ccccc2[nH]1. The first-order valence-electron chi connectivity index (χ1n) is 10.9. The lowest BCUT2D eigenvalue weighted by Crippen LogP contribution is -2.34. The van der Waals surface area contributed by atoms with Crippen LogP contribution in [0.5, 0.6) is 0 Å². The minimum atomic E-state index is -0.467. The Morgan fingerprint density at radius 3 is 2.45 bits per heavy atom. The number of aryl methyl sites for hydroxylation is 1. The summed E-state index contributed by atoms with van der Waals surface area (Å²) in [4.78, 5) is 33.3. The van der Waals surface area contributed by atoms with E-state index in [0.29, 0.717) is 17.1 Å². The molecule has 2 amide bonds.